The Kier molecular flexibility index (Phi) is 4.99. The summed E-state index contributed by atoms with van der Waals surface area (Å²) in [7, 11) is 1.60. The Morgan fingerprint density at radius 1 is 1.18 bits per heavy atom. The van der Waals surface area contributed by atoms with Crippen LogP contribution in [0.15, 0.2) is 42.9 Å². The Bertz CT molecular complexity index is 1400. The smallest absolute Gasteiger partial charge is 0.318 e. The van der Waals surface area contributed by atoms with Gasteiger partial charge in [0.25, 0.3) is 0 Å². The van der Waals surface area contributed by atoms with Gasteiger partial charge in [0.2, 0.25) is 0 Å². The van der Waals surface area contributed by atoms with Gasteiger partial charge in [0, 0.05) is 42.3 Å². The Morgan fingerprint density at radius 3 is 2.91 bits per heavy atom. The van der Waals surface area contributed by atoms with E-state index in [-0.39, 0.29) is 11.8 Å². The number of aromatic hydroxyl groups is 1. The predicted molar refractivity (Wildman–Crippen MR) is 132 cm³/mol. The first-order valence-corrected chi connectivity index (χ1v) is 11.7. The molecule has 8 nitrogen and oxygen atoms in total. The molecule has 9 heteroatoms. The van der Waals surface area contributed by atoms with Crippen LogP contribution in [-0.2, 0) is 26.1 Å². The second-order valence-electron chi connectivity index (χ2n) is 8.95. The van der Waals surface area contributed by atoms with Crippen LogP contribution in [0.1, 0.15) is 23.9 Å². The molecule has 1 atom stereocenters. The molecule has 2 aromatic heterocycles. The Balaban J connectivity index is 1.42. The zero-order chi connectivity index (χ0) is 23.4. The van der Waals surface area contributed by atoms with E-state index in [4.69, 9.17) is 26.3 Å². The predicted octanol–water partition coefficient (Wildman–Crippen LogP) is 4.17. The number of halogens is 1. The summed E-state index contributed by atoms with van der Waals surface area (Å²) in [6.45, 7) is 5.14. The Morgan fingerprint density at radius 2 is 2.06 bits per heavy atom. The lowest BCUT2D eigenvalue weighted by molar-refractivity contribution is 0.374. The van der Waals surface area contributed by atoms with Crippen molar-refractivity contribution in [2.45, 2.75) is 39.0 Å². The maximum absolute atomic E-state index is 10.4. The molecule has 0 amide bonds. The molecule has 0 aliphatic carbocycles. The summed E-state index contributed by atoms with van der Waals surface area (Å²) in [5.74, 6) is 1.15. The third-order valence-corrected chi connectivity index (χ3v) is 7.15. The lowest BCUT2D eigenvalue weighted by Crippen LogP contribution is -2.43. The van der Waals surface area contributed by atoms with Crippen LogP contribution in [0.25, 0.3) is 10.8 Å². The number of imidazole rings is 1. The number of rotatable bonds is 3. The van der Waals surface area contributed by atoms with E-state index in [2.05, 4.69) is 26.3 Å². The number of hydrogen-bond acceptors (Lipinski definition) is 7. The maximum Gasteiger partial charge on any atom is 0.318 e. The van der Waals surface area contributed by atoms with E-state index in [1.54, 1.807) is 19.2 Å². The number of fused-ring (bicyclic) bond motifs is 3. The minimum atomic E-state index is 0.218. The summed E-state index contributed by atoms with van der Waals surface area (Å²) in [4.78, 5) is 18.4. The summed E-state index contributed by atoms with van der Waals surface area (Å²) >= 11 is 6.59. The van der Waals surface area contributed by atoms with Crippen molar-refractivity contribution in [2.75, 3.05) is 23.5 Å². The molecule has 0 saturated heterocycles. The molecule has 0 fully saturated rings. The third-order valence-electron chi connectivity index (χ3n) is 6.83. The van der Waals surface area contributed by atoms with Gasteiger partial charge in [0.05, 0.1) is 48.6 Å². The van der Waals surface area contributed by atoms with E-state index in [1.165, 1.54) is 5.69 Å². The van der Waals surface area contributed by atoms with Crippen LogP contribution in [0.5, 0.6) is 11.8 Å². The van der Waals surface area contributed by atoms with Crippen molar-refractivity contribution in [2.24, 2.45) is 0 Å². The maximum atomic E-state index is 10.4. The quantitative estimate of drug-likeness (QED) is 0.475. The van der Waals surface area contributed by atoms with Gasteiger partial charge >= 0.3 is 6.01 Å². The highest BCUT2D eigenvalue weighted by Crippen LogP contribution is 2.39. The molecular formula is C25H25ClN6O2. The van der Waals surface area contributed by atoms with Gasteiger partial charge in [-0.15, -0.1) is 0 Å². The van der Waals surface area contributed by atoms with Gasteiger partial charge in [-0.05, 0) is 30.9 Å². The molecule has 174 valence electrons. The highest BCUT2D eigenvalue weighted by molar-refractivity contribution is 6.36. The fourth-order valence-corrected chi connectivity index (χ4v) is 5.44. The van der Waals surface area contributed by atoms with Crippen LogP contribution in [0, 0.1) is 0 Å². The lowest BCUT2D eigenvalue weighted by Gasteiger charge is -2.38. The van der Waals surface area contributed by atoms with E-state index in [9.17, 15) is 5.11 Å². The average Bonchev–Trinajstić information content (AvgIpc) is 3.29. The van der Waals surface area contributed by atoms with Crippen LogP contribution in [-0.4, -0.2) is 44.3 Å². The minimum absolute atomic E-state index is 0.218. The van der Waals surface area contributed by atoms with Gasteiger partial charge in [-0.1, -0.05) is 23.7 Å². The molecule has 2 aliphatic heterocycles. The summed E-state index contributed by atoms with van der Waals surface area (Å²) in [6.07, 6.45) is 4.59. The van der Waals surface area contributed by atoms with Gasteiger partial charge in [-0.25, -0.2) is 4.98 Å². The number of hydrogen-bond donors (Lipinski definition) is 1. The van der Waals surface area contributed by atoms with Crippen molar-refractivity contribution in [1.82, 2.24) is 19.5 Å². The van der Waals surface area contributed by atoms with E-state index >= 15 is 0 Å². The molecule has 0 spiro atoms. The second kappa shape index (κ2) is 8.06. The van der Waals surface area contributed by atoms with Crippen molar-refractivity contribution >= 4 is 33.9 Å². The van der Waals surface area contributed by atoms with Crippen LogP contribution >= 0.6 is 11.6 Å². The zero-order valence-corrected chi connectivity index (χ0v) is 19.8. The molecule has 6 rings (SSSR count). The monoisotopic (exact) mass is 476 g/mol. The van der Waals surface area contributed by atoms with E-state index < -0.39 is 0 Å². The number of aromatic nitrogens is 4. The largest absolute Gasteiger partial charge is 0.508 e. The molecule has 4 aromatic rings. The topological polar surface area (TPSA) is 79.5 Å². The number of methoxy groups -OCH3 is 1. The molecule has 0 bridgehead atoms. The van der Waals surface area contributed by atoms with Gasteiger partial charge in [-0.2, -0.15) is 9.97 Å². The zero-order valence-electron chi connectivity index (χ0n) is 19.1. The number of nitrogens with zero attached hydrogens (tertiary/aromatic N) is 6. The van der Waals surface area contributed by atoms with E-state index in [1.807, 2.05) is 30.7 Å². The number of benzene rings is 2. The molecule has 34 heavy (non-hydrogen) atoms. The standard InChI is InChI=1S/C25H25ClN6O2/c1-15-11-31-14-27-10-17(31)12-32(15)24-19-6-7-30(13-21(19)28-25(29-24)34-2)22-9-18(33)8-16-4-3-5-20(26)23(16)22/h3-5,8-10,14-15,33H,6-7,11-13H2,1-2H3. The Hall–Kier alpha value is -3.52. The third kappa shape index (κ3) is 3.40. The normalized spacial score (nSPS) is 17.6. The van der Waals surface area contributed by atoms with Gasteiger partial charge < -0.3 is 24.2 Å². The molecular weight excluding hydrogens is 452 g/mol. The van der Waals surface area contributed by atoms with E-state index in [0.29, 0.717) is 17.6 Å². The minimum Gasteiger partial charge on any atom is -0.508 e. The number of phenols is 1. The number of phenolic OH excluding ortho intramolecular Hbond substituents is 1. The van der Waals surface area contributed by atoms with Gasteiger partial charge in [0.15, 0.2) is 0 Å². The molecule has 1 N–H and O–H groups in total. The molecule has 0 radical (unpaired) electrons. The van der Waals surface area contributed by atoms with Crippen molar-refractivity contribution in [3.8, 4) is 11.8 Å². The summed E-state index contributed by atoms with van der Waals surface area (Å²) < 4.78 is 7.70. The highest BCUT2D eigenvalue weighted by Gasteiger charge is 2.31. The summed E-state index contributed by atoms with van der Waals surface area (Å²) in [5, 5.41) is 12.9. The van der Waals surface area contributed by atoms with Crippen molar-refractivity contribution < 1.29 is 9.84 Å². The highest BCUT2D eigenvalue weighted by atomic mass is 35.5. The fourth-order valence-electron chi connectivity index (χ4n) is 5.16. The molecule has 2 aliphatic rings. The van der Waals surface area contributed by atoms with Crippen LogP contribution in [0.2, 0.25) is 5.02 Å². The first kappa shape index (κ1) is 21.0. The van der Waals surface area contributed by atoms with Gasteiger partial charge in [-0.3, -0.25) is 0 Å². The van der Waals surface area contributed by atoms with Crippen molar-refractivity contribution in [1.29, 1.82) is 0 Å². The first-order valence-electron chi connectivity index (χ1n) is 11.4. The molecule has 2 aromatic carbocycles. The van der Waals surface area contributed by atoms with Crippen molar-refractivity contribution in [3.63, 3.8) is 0 Å². The number of anilines is 2. The lowest BCUT2D eigenvalue weighted by atomic mass is 10.0. The number of ether oxygens (including phenoxy) is 1. The summed E-state index contributed by atoms with van der Waals surface area (Å²) in [5.41, 5.74) is 4.15. The first-order chi connectivity index (χ1) is 16.5. The SMILES string of the molecule is COc1nc2c(c(N3Cc4cncn4CC3C)n1)CCN(c1cc(O)cc3cccc(Cl)c13)C2. The summed E-state index contributed by atoms with van der Waals surface area (Å²) in [6, 6.07) is 9.90. The second-order valence-corrected chi connectivity index (χ2v) is 9.36. The van der Waals surface area contributed by atoms with Gasteiger partial charge in [0.1, 0.15) is 11.6 Å². The molecule has 1 unspecified atom stereocenters. The Labute approximate surface area is 202 Å². The van der Waals surface area contributed by atoms with Crippen LogP contribution in [0.3, 0.4) is 0 Å². The van der Waals surface area contributed by atoms with Crippen molar-refractivity contribution in [3.05, 3.63) is 64.8 Å². The fraction of sp³-hybridized carbons (Fsp3) is 0.320. The van der Waals surface area contributed by atoms with Crippen LogP contribution in [0.4, 0.5) is 11.5 Å². The average molecular weight is 477 g/mol. The molecule has 4 heterocycles. The van der Waals surface area contributed by atoms with Crippen LogP contribution < -0.4 is 14.5 Å². The van der Waals surface area contributed by atoms with E-state index in [0.717, 1.165) is 59.6 Å². The molecule has 0 saturated carbocycles.